The van der Waals surface area contributed by atoms with E-state index in [-0.39, 0.29) is 12.6 Å². The molecule has 4 aromatic carbocycles. The predicted molar refractivity (Wildman–Crippen MR) is 129 cm³/mol. The van der Waals surface area contributed by atoms with Crippen molar-refractivity contribution in [3.05, 3.63) is 144 Å². The number of hydrogen-bond acceptors (Lipinski definition) is 3. The number of aliphatic imine (C=N–C) groups is 1. The first-order valence-corrected chi connectivity index (χ1v) is 10.7. The lowest BCUT2D eigenvalue weighted by Crippen LogP contribution is -2.26. The van der Waals surface area contributed by atoms with Crippen LogP contribution in [0, 0.1) is 0 Å². The summed E-state index contributed by atoms with van der Waals surface area (Å²) in [5.41, 5.74) is 4.71. The molecule has 0 radical (unpaired) electrons. The van der Waals surface area contributed by atoms with Crippen molar-refractivity contribution in [3.63, 3.8) is 0 Å². The van der Waals surface area contributed by atoms with Gasteiger partial charge in [0.25, 0.3) is 0 Å². The molecule has 0 amide bonds. The van der Waals surface area contributed by atoms with Crippen molar-refractivity contribution in [1.82, 2.24) is 0 Å². The fourth-order valence-electron chi connectivity index (χ4n) is 3.51. The Morgan fingerprint density at radius 3 is 1.56 bits per heavy atom. The third-order valence-corrected chi connectivity index (χ3v) is 5.15. The standard InChI is InChI=1S/C29H25NO2/c31-29(32-22-24-15-7-2-8-16-24)27(21-23-13-5-1-6-14-23)30-28(25-17-9-3-10-18-25)26-19-11-4-12-20-26/h1-20,27H,21-22H2. The molecule has 3 heteroatoms. The second-order valence-corrected chi connectivity index (χ2v) is 7.51. The summed E-state index contributed by atoms with van der Waals surface area (Å²) in [5.74, 6) is -0.331. The second-order valence-electron chi connectivity index (χ2n) is 7.51. The zero-order chi connectivity index (χ0) is 22.0. The van der Waals surface area contributed by atoms with Crippen LogP contribution in [0.15, 0.2) is 126 Å². The number of nitrogens with zero attached hydrogens (tertiary/aromatic N) is 1. The van der Waals surface area contributed by atoms with E-state index in [1.165, 1.54) is 0 Å². The number of ether oxygens (including phenoxy) is 1. The molecule has 3 nitrogen and oxygen atoms in total. The molecule has 1 atom stereocenters. The SMILES string of the molecule is O=C(OCc1ccccc1)C(Cc1ccccc1)N=C(c1ccccc1)c1ccccc1. The van der Waals surface area contributed by atoms with Crippen LogP contribution in [0.1, 0.15) is 22.3 Å². The van der Waals surface area contributed by atoms with Crippen LogP contribution in [0.25, 0.3) is 0 Å². The average Bonchev–Trinajstić information content (AvgIpc) is 2.87. The fraction of sp³-hybridized carbons (Fsp3) is 0.103. The fourth-order valence-corrected chi connectivity index (χ4v) is 3.51. The minimum absolute atomic E-state index is 0.229. The van der Waals surface area contributed by atoms with Gasteiger partial charge in [0, 0.05) is 17.5 Å². The quantitative estimate of drug-likeness (QED) is 0.264. The largest absolute Gasteiger partial charge is 0.459 e. The Hall–Kier alpha value is -3.98. The first-order chi connectivity index (χ1) is 15.8. The summed E-state index contributed by atoms with van der Waals surface area (Å²) in [5, 5.41) is 0. The van der Waals surface area contributed by atoms with Gasteiger partial charge in [-0.05, 0) is 11.1 Å². The highest BCUT2D eigenvalue weighted by Gasteiger charge is 2.22. The third kappa shape index (κ3) is 5.79. The highest BCUT2D eigenvalue weighted by atomic mass is 16.5. The Kier molecular flexibility index (Phi) is 7.22. The molecule has 4 aromatic rings. The first kappa shape index (κ1) is 21.3. The van der Waals surface area contributed by atoms with Crippen molar-refractivity contribution in [1.29, 1.82) is 0 Å². The van der Waals surface area contributed by atoms with Crippen molar-refractivity contribution in [2.75, 3.05) is 0 Å². The van der Waals surface area contributed by atoms with E-state index in [1.54, 1.807) is 0 Å². The lowest BCUT2D eigenvalue weighted by atomic mass is 10.0. The highest BCUT2D eigenvalue weighted by Crippen LogP contribution is 2.16. The number of benzene rings is 4. The normalized spacial score (nSPS) is 11.4. The van der Waals surface area contributed by atoms with E-state index in [0.717, 1.165) is 28.0 Å². The van der Waals surface area contributed by atoms with Crippen LogP contribution in [-0.2, 0) is 22.6 Å². The monoisotopic (exact) mass is 419 g/mol. The topological polar surface area (TPSA) is 38.7 Å². The number of hydrogen-bond donors (Lipinski definition) is 0. The van der Waals surface area contributed by atoms with Gasteiger partial charge in [0.2, 0.25) is 0 Å². The molecule has 0 N–H and O–H groups in total. The van der Waals surface area contributed by atoms with Crippen LogP contribution in [-0.4, -0.2) is 17.7 Å². The van der Waals surface area contributed by atoms with Crippen LogP contribution in [0.2, 0.25) is 0 Å². The smallest absolute Gasteiger partial charge is 0.331 e. The molecule has 4 rings (SSSR count). The van der Waals surface area contributed by atoms with Gasteiger partial charge in [-0.1, -0.05) is 121 Å². The van der Waals surface area contributed by atoms with E-state index >= 15 is 0 Å². The van der Waals surface area contributed by atoms with Crippen LogP contribution in [0.5, 0.6) is 0 Å². The van der Waals surface area contributed by atoms with Crippen molar-refractivity contribution in [3.8, 4) is 0 Å². The van der Waals surface area contributed by atoms with Crippen molar-refractivity contribution in [2.45, 2.75) is 19.1 Å². The van der Waals surface area contributed by atoms with Crippen LogP contribution in [0.4, 0.5) is 0 Å². The molecule has 0 aliphatic heterocycles. The molecule has 32 heavy (non-hydrogen) atoms. The Labute approximate surface area is 189 Å². The molecule has 0 aromatic heterocycles. The van der Waals surface area contributed by atoms with E-state index < -0.39 is 6.04 Å². The van der Waals surface area contributed by atoms with Crippen molar-refractivity contribution >= 4 is 11.7 Å². The maximum atomic E-state index is 13.2. The molecule has 0 aliphatic carbocycles. The lowest BCUT2D eigenvalue weighted by Gasteiger charge is -2.16. The highest BCUT2D eigenvalue weighted by molar-refractivity contribution is 6.13. The molecule has 0 fully saturated rings. The van der Waals surface area contributed by atoms with Gasteiger partial charge in [0.15, 0.2) is 6.04 Å². The van der Waals surface area contributed by atoms with Gasteiger partial charge in [-0.15, -0.1) is 0 Å². The van der Waals surface area contributed by atoms with Gasteiger partial charge < -0.3 is 4.74 Å². The van der Waals surface area contributed by atoms with Crippen LogP contribution < -0.4 is 0 Å². The van der Waals surface area contributed by atoms with Crippen molar-refractivity contribution < 1.29 is 9.53 Å². The zero-order valence-electron chi connectivity index (χ0n) is 17.8. The van der Waals surface area contributed by atoms with E-state index in [1.807, 2.05) is 121 Å². The van der Waals surface area contributed by atoms with Gasteiger partial charge in [0.1, 0.15) is 6.61 Å². The minimum atomic E-state index is -0.656. The molecule has 0 saturated heterocycles. The summed E-state index contributed by atoms with van der Waals surface area (Å²) in [6.07, 6.45) is 0.470. The third-order valence-electron chi connectivity index (χ3n) is 5.15. The zero-order valence-corrected chi connectivity index (χ0v) is 17.8. The number of rotatable bonds is 8. The summed E-state index contributed by atoms with van der Waals surface area (Å²) < 4.78 is 5.69. The van der Waals surface area contributed by atoms with E-state index in [9.17, 15) is 4.79 Å². The van der Waals surface area contributed by atoms with E-state index in [0.29, 0.717) is 6.42 Å². The van der Waals surface area contributed by atoms with Crippen molar-refractivity contribution in [2.24, 2.45) is 4.99 Å². The first-order valence-electron chi connectivity index (χ1n) is 10.7. The van der Waals surface area contributed by atoms with Gasteiger partial charge >= 0.3 is 5.97 Å². The summed E-state index contributed by atoms with van der Waals surface area (Å²) >= 11 is 0. The molecule has 0 bridgehead atoms. The Morgan fingerprint density at radius 1 is 0.625 bits per heavy atom. The summed E-state index contributed by atoms with van der Waals surface area (Å²) in [4.78, 5) is 18.2. The summed E-state index contributed by atoms with van der Waals surface area (Å²) in [6.45, 7) is 0.229. The van der Waals surface area contributed by atoms with E-state index in [4.69, 9.17) is 9.73 Å². The van der Waals surface area contributed by atoms with Gasteiger partial charge in [-0.25, -0.2) is 4.79 Å². The molecule has 0 heterocycles. The Bertz CT molecular complexity index is 1100. The molecule has 0 aliphatic rings. The average molecular weight is 420 g/mol. The maximum Gasteiger partial charge on any atom is 0.331 e. The molecule has 1 unspecified atom stereocenters. The number of carbonyl (C=O) groups is 1. The lowest BCUT2D eigenvalue weighted by molar-refractivity contribution is -0.146. The minimum Gasteiger partial charge on any atom is -0.459 e. The predicted octanol–water partition coefficient (Wildman–Crippen LogP) is 5.88. The van der Waals surface area contributed by atoms with Crippen LogP contribution >= 0.6 is 0 Å². The molecule has 0 saturated carbocycles. The maximum absolute atomic E-state index is 13.2. The van der Waals surface area contributed by atoms with E-state index in [2.05, 4.69) is 0 Å². The number of esters is 1. The molecular formula is C29H25NO2. The number of carbonyl (C=O) groups excluding carboxylic acids is 1. The van der Waals surface area contributed by atoms with Crippen LogP contribution in [0.3, 0.4) is 0 Å². The summed E-state index contributed by atoms with van der Waals surface area (Å²) in [7, 11) is 0. The Balaban J connectivity index is 1.68. The molecular weight excluding hydrogens is 394 g/mol. The van der Waals surface area contributed by atoms with Gasteiger partial charge in [-0.2, -0.15) is 0 Å². The molecule has 0 spiro atoms. The van der Waals surface area contributed by atoms with Gasteiger partial charge in [0.05, 0.1) is 5.71 Å². The Morgan fingerprint density at radius 2 is 1.06 bits per heavy atom. The van der Waals surface area contributed by atoms with Gasteiger partial charge in [-0.3, -0.25) is 4.99 Å². The second kappa shape index (κ2) is 10.9. The summed E-state index contributed by atoms with van der Waals surface area (Å²) in [6, 6.07) is 38.9. The molecule has 158 valence electrons.